The highest BCUT2D eigenvalue weighted by Gasteiger charge is 2.65. The van der Waals surface area contributed by atoms with E-state index in [9.17, 15) is 57.5 Å². The Balaban J connectivity index is 0.925. The van der Waals surface area contributed by atoms with Gasteiger partial charge in [0, 0.05) is 119 Å². The molecule has 4 saturated heterocycles. The quantitative estimate of drug-likeness (QED) is 0.0280. The van der Waals surface area contributed by atoms with Crippen molar-refractivity contribution >= 4 is 71.2 Å². The molecule has 0 aromatic heterocycles. The second-order valence-corrected chi connectivity index (χ2v) is 25.9. The van der Waals surface area contributed by atoms with Crippen LogP contribution in [0.1, 0.15) is 176 Å². The Labute approximate surface area is 596 Å². The number of unbranched alkanes of at least 4 members (excludes halogenated alkanes) is 9. The summed E-state index contributed by atoms with van der Waals surface area (Å²) in [5.41, 5.74) is -1.67. The van der Waals surface area contributed by atoms with Crippen LogP contribution in [0.15, 0.2) is 30.3 Å². The van der Waals surface area contributed by atoms with Gasteiger partial charge in [-0.1, -0.05) is 68.9 Å². The van der Waals surface area contributed by atoms with E-state index in [0.717, 1.165) is 50.5 Å². The minimum absolute atomic E-state index is 0.0392. The molecule has 0 aliphatic carbocycles. The van der Waals surface area contributed by atoms with E-state index in [4.69, 9.17) is 61.6 Å². The zero-order chi connectivity index (χ0) is 74.1. The molecule has 0 radical (unpaired) electrons. The van der Waals surface area contributed by atoms with Crippen LogP contribution in [0.5, 0.6) is 0 Å². The number of carbonyl (C=O) groups excluding carboxylic acids is 12. The van der Waals surface area contributed by atoms with Crippen molar-refractivity contribution in [3.63, 3.8) is 0 Å². The van der Waals surface area contributed by atoms with E-state index in [0.29, 0.717) is 84.0 Å². The number of fused-ring (bicyclic) bond motifs is 4. The van der Waals surface area contributed by atoms with Gasteiger partial charge in [0.2, 0.25) is 41.4 Å². The van der Waals surface area contributed by atoms with Gasteiger partial charge in [0.05, 0.1) is 58.9 Å². The van der Waals surface area contributed by atoms with E-state index in [1.807, 2.05) is 30.3 Å². The highest BCUT2D eigenvalue weighted by Crippen LogP contribution is 2.42. The first-order chi connectivity index (χ1) is 49.0. The fourth-order valence-corrected chi connectivity index (χ4v) is 12.0. The van der Waals surface area contributed by atoms with Crippen LogP contribution in [0, 0.1) is 0 Å². The summed E-state index contributed by atoms with van der Waals surface area (Å²) >= 11 is 0. The summed E-state index contributed by atoms with van der Waals surface area (Å²) in [6, 6.07) is 7.12. The fourth-order valence-electron chi connectivity index (χ4n) is 12.0. The molecule has 32 heteroatoms. The van der Waals surface area contributed by atoms with Gasteiger partial charge in [0.25, 0.3) is 0 Å². The third kappa shape index (κ3) is 32.5. The van der Waals surface area contributed by atoms with Gasteiger partial charge in [-0.2, -0.15) is 0 Å². The number of nitrogens with one attached hydrogen (secondary N) is 7. The van der Waals surface area contributed by atoms with Gasteiger partial charge in [-0.25, -0.2) is 0 Å². The van der Waals surface area contributed by atoms with Crippen LogP contribution in [0.3, 0.4) is 0 Å². The van der Waals surface area contributed by atoms with E-state index in [1.54, 1.807) is 0 Å². The molecule has 4 aliphatic heterocycles. The lowest BCUT2D eigenvalue weighted by Gasteiger charge is -2.45. The number of esters is 5. The average molecular weight is 1450 g/mol. The van der Waals surface area contributed by atoms with Gasteiger partial charge in [-0.05, 0) is 56.9 Å². The third-order valence-corrected chi connectivity index (χ3v) is 16.8. The Morgan fingerprint density at radius 3 is 1.23 bits per heavy atom. The molecular formula is C70H109N7O25. The molecule has 1 aromatic rings. The molecule has 4 bridgehead atoms. The highest BCUT2D eigenvalue weighted by molar-refractivity contribution is 5.78. The Morgan fingerprint density at radius 1 is 0.431 bits per heavy atom. The molecule has 7 amide bonds. The summed E-state index contributed by atoms with van der Waals surface area (Å²) in [7, 11) is 0. The Kier molecular flexibility index (Phi) is 39.3. The van der Waals surface area contributed by atoms with Crippen molar-refractivity contribution in [2.24, 2.45) is 0 Å². The largest absolute Gasteiger partial charge is 0.461 e. The summed E-state index contributed by atoms with van der Waals surface area (Å²) in [4.78, 5) is 148. The summed E-state index contributed by atoms with van der Waals surface area (Å²) < 4.78 is 74.9. The van der Waals surface area contributed by atoms with Crippen molar-refractivity contribution in [1.82, 2.24) is 37.2 Å². The highest BCUT2D eigenvalue weighted by atomic mass is 16.8. The lowest BCUT2D eigenvalue weighted by Crippen LogP contribution is -2.68. The number of amides is 7. The van der Waals surface area contributed by atoms with Crippen molar-refractivity contribution in [3.8, 4) is 0 Å². The number of benzene rings is 1. The Morgan fingerprint density at radius 2 is 0.814 bits per heavy atom. The van der Waals surface area contributed by atoms with Crippen LogP contribution in [0.25, 0.3) is 0 Å². The number of ether oxygens (including phenoxy) is 13. The average Bonchev–Trinajstić information content (AvgIpc) is 1.57. The van der Waals surface area contributed by atoms with Crippen LogP contribution in [0.2, 0.25) is 0 Å². The fraction of sp³-hybridized carbons (Fsp3) is 0.743. The van der Waals surface area contributed by atoms with Crippen molar-refractivity contribution in [3.05, 3.63) is 35.9 Å². The lowest BCUT2D eigenvalue weighted by molar-refractivity contribution is -0.251. The number of hydrogen-bond acceptors (Lipinski definition) is 25. The van der Waals surface area contributed by atoms with Crippen LogP contribution in [-0.4, -0.2) is 230 Å². The van der Waals surface area contributed by atoms with Gasteiger partial charge < -0.3 is 98.8 Å². The second kappa shape index (κ2) is 47.0. The molecule has 574 valence electrons. The smallest absolute Gasteiger partial charge is 0.306 e. The van der Waals surface area contributed by atoms with Crippen molar-refractivity contribution < 1.29 is 119 Å². The van der Waals surface area contributed by atoms with E-state index >= 15 is 0 Å². The van der Waals surface area contributed by atoms with Crippen LogP contribution in [0.4, 0.5) is 0 Å². The molecule has 32 nitrogen and oxygen atoms in total. The molecule has 0 saturated carbocycles. The first-order valence-electron chi connectivity index (χ1n) is 35.7. The minimum Gasteiger partial charge on any atom is -0.461 e. The second-order valence-electron chi connectivity index (χ2n) is 25.9. The van der Waals surface area contributed by atoms with Crippen molar-refractivity contribution in [2.45, 2.75) is 243 Å². The van der Waals surface area contributed by atoms with Crippen molar-refractivity contribution in [1.29, 1.82) is 0 Å². The normalized spacial score (nSPS) is 22.6. The number of hydrogen-bond donors (Lipinski definition) is 7. The molecule has 1 aromatic carbocycles. The van der Waals surface area contributed by atoms with Crippen LogP contribution >= 0.6 is 0 Å². The van der Waals surface area contributed by atoms with E-state index in [1.165, 1.54) is 41.5 Å². The Hall–Kier alpha value is -7.46. The first kappa shape index (κ1) is 85.2. The molecule has 102 heavy (non-hydrogen) atoms. The number of carbonyl (C=O) groups is 12. The maximum absolute atomic E-state index is 13.1. The molecule has 7 N–H and O–H groups in total. The summed E-state index contributed by atoms with van der Waals surface area (Å²) in [5, 5.41) is 19.6. The third-order valence-electron chi connectivity index (χ3n) is 16.8. The zero-order valence-electron chi connectivity index (χ0n) is 60.0. The van der Waals surface area contributed by atoms with E-state index < -0.39 is 102 Å². The zero-order valence-corrected chi connectivity index (χ0v) is 60.0. The SMILES string of the molecule is CC(=O)N[C@H]1[C@H]2OC[C@](COCCCCC(=O)NCCCNC(=O)CCOCC(COCCC(=O)NCCCNC(=O)CCCCOC[C@@]34CO[C@@H](O3)[C@H](NC(C)=O)[C@@H](OC(C)=O)[C@H]4OC(C)=O)NC(=O)CCCCCCCCCCC(=O)OCc3ccccc3)(O2)[C@H](OC(C)=O)[C@@H]1OC(C)=O. The molecule has 10 atom stereocenters. The van der Waals surface area contributed by atoms with Crippen molar-refractivity contribution in [2.75, 3.05) is 92.2 Å². The van der Waals surface area contributed by atoms with Gasteiger partial charge in [-0.15, -0.1) is 0 Å². The van der Waals surface area contributed by atoms with E-state index in [2.05, 4.69) is 37.2 Å². The standard InChI is InChI=1S/C70H109N7O25/c1-47(78)75-61-63(97-49(3)80)65(99-51(5)82)69(45-95-67(61)101-69)43-92-36-20-18-26-55(84)71-32-22-34-73-57(86)30-38-90-41-54(77-59(88)28-16-11-9-7-8-10-12-17-29-60(89)94-40-53-24-14-13-15-25-53)42-91-39-31-58(87)74-35-23-33-72-56(85)27-19-21-37-93-44-70-46-96-68(102-70)62(76-48(2)79)64(98-50(4)81)66(70)100-52(6)83/h13-15,24-25,54,61-68H,7-12,16-23,26-46H2,1-6H3,(H,71,84)(H,72,85)(H,73,86)(H,74,87)(H,75,78)(H,76,79)(H,77,88)/t61-,62-,63-,64-,65-,66-,67+,68+,69+,70+/m1/s1. The first-order valence-corrected chi connectivity index (χ1v) is 35.7. The molecule has 4 fully saturated rings. The Bertz CT molecular complexity index is 2680. The monoisotopic (exact) mass is 1450 g/mol. The maximum Gasteiger partial charge on any atom is 0.306 e. The minimum atomic E-state index is -1.31. The van der Waals surface area contributed by atoms with Gasteiger partial charge in [0.1, 0.15) is 18.7 Å². The summed E-state index contributed by atoms with van der Waals surface area (Å²) in [6.45, 7) is 9.27. The number of rotatable bonds is 52. The lowest BCUT2D eigenvalue weighted by atomic mass is 9.87. The molecule has 5 rings (SSSR count). The van der Waals surface area contributed by atoms with Crippen LogP contribution in [-0.2, 0) is 126 Å². The molecule has 4 aliphatic rings. The summed E-state index contributed by atoms with van der Waals surface area (Å²) in [6.07, 6.45) is 4.97. The van der Waals surface area contributed by atoms with E-state index in [-0.39, 0.29) is 134 Å². The van der Waals surface area contributed by atoms with Gasteiger partial charge in [0.15, 0.2) is 48.2 Å². The predicted octanol–water partition coefficient (Wildman–Crippen LogP) is 2.53. The molecule has 0 unspecified atom stereocenters. The molecule has 0 spiro atoms. The van der Waals surface area contributed by atoms with Crippen LogP contribution < -0.4 is 37.2 Å². The predicted molar refractivity (Wildman–Crippen MR) is 360 cm³/mol. The summed E-state index contributed by atoms with van der Waals surface area (Å²) in [5.74, 6) is -4.75. The molecular weight excluding hydrogens is 1340 g/mol. The molecule has 4 heterocycles. The van der Waals surface area contributed by atoms with Gasteiger partial charge in [-0.3, -0.25) is 57.5 Å². The maximum atomic E-state index is 13.1. The van der Waals surface area contributed by atoms with Gasteiger partial charge >= 0.3 is 29.8 Å². The topological polar surface area (TPSA) is 409 Å².